The number of nitrogens with two attached hydrogens (primary N) is 1. The molecule has 1 aromatic heterocycles. The first-order chi connectivity index (χ1) is 8.60. The van der Waals surface area contributed by atoms with Gasteiger partial charge >= 0.3 is 0 Å². The molecule has 0 radical (unpaired) electrons. The van der Waals surface area contributed by atoms with E-state index in [1.54, 1.807) is 0 Å². The van der Waals surface area contributed by atoms with Crippen molar-refractivity contribution < 1.29 is 4.52 Å². The number of hydrogen-bond donors (Lipinski definition) is 1. The van der Waals surface area contributed by atoms with Gasteiger partial charge in [0.1, 0.15) is 0 Å². The van der Waals surface area contributed by atoms with Crippen LogP contribution in [0.15, 0.2) is 4.52 Å². The Hall–Kier alpha value is -0.900. The van der Waals surface area contributed by atoms with Gasteiger partial charge in [-0.2, -0.15) is 4.98 Å². The lowest BCUT2D eigenvalue weighted by molar-refractivity contribution is 0.280. The number of rotatable bonds is 4. The minimum atomic E-state index is -0.475. The quantitative estimate of drug-likeness (QED) is 0.891. The van der Waals surface area contributed by atoms with Gasteiger partial charge in [0.05, 0.1) is 5.54 Å². The molecule has 2 bridgehead atoms. The van der Waals surface area contributed by atoms with Gasteiger partial charge in [0.25, 0.3) is 0 Å². The first kappa shape index (κ1) is 12.2. The molecule has 4 unspecified atom stereocenters. The molecule has 2 saturated carbocycles. The minimum Gasteiger partial charge on any atom is -0.337 e. The lowest BCUT2D eigenvalue weighted by Crippen LogP contribution is -2.33. The van der Waals surface area contributed by atoms with Crippen LogP contribution in [0.1, 0.15) is 70.0 Å². The molecule has 4 heteroatoms. The van der Waals surface area contributed by atoms with E-state index in [0.29, 0.717) is 11.8 Å². The van der Waals surface area contributed by atoms with Crippen LogP contribution in [0, 0.1) is 11.8 Å². The average molecular weight is 249 g/mol. The fourth-order valence-corrected chi connectivity index (χ4v) is 3.80. The van der Waals surface area contributed by atoms with E-state index in [1.165, 1.54) is 25.7 Å². The zero-order chi connectivity index (χ0) is 12.8. The highest BCUT2D eigenvalue weighted by molar-refractivity contribution is 5.09. The minimum absolute atomic E-state index is 0.475. The standard InChI is InChI=1S/C14H23N3O/c1-3-6-14(2,15)13-16-12(17-18-13)11-8-9-4-5-10(11)7-9/h9-11H,3-8,15H2,1-2H3. The Morgan fingerprint density at radius 3 is 2.83 bits per heavy atom. The van der Waals surface area contributed by atoms with Gasteiger partial charge in [-0.05, 0) is 44.4 Å². The van der Waals surface area contributed by atoms with E-state index in [1.807, 2.05) is 6.92 Å². The average Bonchev–Trinajstić information content (AvgIpc) is 3.04. The highest BCUT2D eigenvalue weighted by Crippen LogP contribution is 2.52. The molecule has 0 spiro atoms. The Morgan fingerprint density at radius 1 is 1.39 bits per heavy atom. The molecular formula is C14H23N3O. The molecule has 0 amide bonds. The molecule has 2 aliphatic carbocycles. The molecule has 1 aromatic rings. The van der Waals surface area contributed by atoms with E-state index in [9.17, 15) is 0 Å². The summed E-state index contributed by atoms with van der Waals surface area (Å²) in [6, 6.07) is 0. The molecule has 0 aromatic carbocycles. The van der Waals surface area contributed by atoms with Crippen LogP contribution in [0.25, 0.3) is 0 Å². The third-order valence-electron chi connectivity index (χ3n) is 4.77. The van der Waals surface area contributed by atoms with E-state index in [2.05, 4.69) is 17.1 Å². The number of fused-ring (bicyclic) bond motifs is 2. The van der Waals surface area contributed by atoms with Gasteiger partial charge in [0.2, 0.25) is 5.89 Å². The van der Waals surface area contributed by atoms with Crippen LogP contribution in [0.3, 0.4) is 0 Å². The molecule has 4 atom stereocenters. The highest BCUT2D eigenvalue weighted by atomic mass is 16.5. The SMILES string of the molecule is CCCC(C)(N)c1nc(C2CC3CCC2C3)no1. The topological polar surface area (TPSA) is 64.9 Å². The van der Waals surface area contributed by atoms with Crippen molar-refractivity contribution in [3.05, 3.63) is 11.7 Å². The molecule has 4 nitrogen and oxygen atoms in total. The lowest BCUT2D eigenvalue weighted by atomic mass is 9.88. The van der Waals surface area contributed by atoms with Crippen molar-refractivity contribution in [3.63, 3.8) is 0 Å². The van der Waals surface area contributed by atoms with Gasteiger partial charge < -0.3 is 10.3 Å². The zero-order valence-corrected chi connectivity index (χ0v) is 11.4. The third-order valence-corrected chi connectivity index (χ3v) is 4.77. The van der Waals surface area contributed by atoms with Crippen molar-refractivity contribution in [1.82, 2.24) is 10.1 Å². The Labute approximate surface area is 108 Å². The second-order valence-electron chi connectivity index (χ2n) is 6.41. The molecule has 2 fully saturated rings. The predicted molar refractivity (Wildman–Crippen MR) is 68.9 cm³/mol. The van der Waals surface area contributed by atoms with E-state index < -0.39 is 5.54 Å². The number of aromatic nitrogens is 2. The van der Waals surface area contributed by atoms with Crippen LogP contribution in [-0.4, -0.2) is 10.1 Å². The predicted octanol–water partition coefficient (Wildman–Crippen LogP) is 2.95. The summed E-state index contributed by atoms with van der Waals surface area (Å²) in [5, 5.41) is 4.20. The molecule has 2 aliphatic rings. The Balaban J connectivity index is 1.77. The van der Waals surface area contributed by atoms with Crippen LogP contribution in [0.2, 0.25) is 0 Å². The second kappa shape index (κ2) is 4.34. The summed E-state index contributed by atoms with van der Waals surface area (Å²) in [6.45, 7) is 4.10. The van der Waals surface area contributed by atoms with Crippen molar-refractivity contribution in [3.8, 4) is 0 Å². The van der Waals surface area contributed by atoms with Crippen LogP contribution < -0.4 is 5.73 Å². The molecular weight excluding hydrogens is 226 g/mol. The van der Waals surface area contributed by atoms with Gasteiger partial charge in [0, 0.05) is 5.92 Å². The maximum atomic E-state index is 6.24. The number of nitrogens with zero attached hydrogens (tertiary/aromatic N) is 2. The van der Waals surface area contributed by atoms with Gasteiger partial charge in [-0.3, -0.25) is 0 Å². The van der Waals surface area contributed by atoms with E-state index in [-0.39, 0.29) is 0 Å². The van der Waals surface area contributed by atoms with E-state index in [0.717, 1.165) is 30.5 Å². The van der Waals surface area contributed by atoms with Crippen LogP contribution in [0.5, 0.6) is 0 Å². The molecule has 100 valence electrons. The summed E-state index contributed by atoms with van der Waals surface area (Å²) in [5.74, 6) is 3.74. The maximum Gasteiger partial charge on any atom is 0.246 e. The first-order valence-electron chi connectivity index (χ1n) is 7.23. The van der Waals surface area contributed by atoms with Crippen LogP contribution in [-0.2, 0) is 5.54 Å². The van der Waals surface area contributed by atoms with Crippen molar-refractivity contribution in [1.29, 1.82) is 0 Å². The van der Waals surface area contributed by atoms with Crippen LogP contribution >= 0.6 is 0 Å². The summed E-state index contributed by atoms with van der Waals surface area (Å²) in [7, 11) is 0. The molecule has 3 rings (SSSR count). The Bertz CT molecular complexity index is 426. The molecule has 18 heavy (non-hydrogen) atoms. The normalized spacial score (nSPS) is 33.8. The highest BCUT2D eigenvalue weighted by Gasteiger charge is 2.43. The van der Waals surface area contributed by atoms with Gasteiger partial charge in [0.15, 0.2) is 5.82 Å². The molecule has 1 heterocycles. The van der Waals surface area contributed by atoms with Gasteiger partial charge in [-0.25, -0.2) is 0 Å². The van der Waals surface area contributed by atoms with Crippen molar-refractivity contribution >= 4 is 0 Å². The number of hydrogen-bond acceptors (Lipinski definition) is 4. The van der Waals surface area contributed by atoms with E-state index >= 15 is 0 Å². The Morgan fingerprint density at radius 2 is 2.22 bits per heavy atom. The first-order valence-corrected chi connectivity index (χ1v) is 7.23. The summed E-state index contributed by atoms with van der Waals surface area (Å²) in [6.07, 6.45) is 7.26. The molecule has 0 aliphatic heterocycles. The molecule has 2 N–H and O–H groups in total. The summed E-state index contributed by atoms with van der Waals surface area (Å²) >= 11 is 0. The van der Waals surface area contributed by atoms with Crippen molar-refractivity contribution in [2.45, 2.75) is 63.8 Å². The van der Waals surface area contributed by atoms with Crippen molar-refractivity contribution in [2.75, 3.05) is 0 Å². The monoisotopic (exact) mass is 249 g/mol. The second-order valence-corrected chi connectivity index (χ2v) is 6.41. The molecule has 0 saturated heterocycles. The summed E-state index contributed by atoms with van der Waals surface area (Å²) in [4.78, 5) is 4.60. The zero-order valence-electron chi connectivity index (χ0n) is 11.4. The van der Waals surface area contributed by atoms with Gasteiger partial charge in [-0.15, -0.1) is 0 Å². The smallest absolute Gasteiger partial charge is 0.246 e. The third kappa shape index (κ3) is 1.96. The summed E-state index contributed by atoms with van der Waals surface area (Å²) in [5.41, 5.74) is 5.77. The van der Waals surface area contributed by atoms with Gasteiger partial charge in [-0.1, -0.05) is 24.9 Å². The van der Waals surface area contributed by atoms with E-state index in [4.69, 9.17) is 10.3 Å². The fraction of sp³-hybridized carbons (Fsp3) is 0.857. The maximum absolute atomic E-state index is 6.24. The summed E-state index contributed by atoms with van der Waals surface area (Å²) < 4.78 is 5.42. The van der Waals surface area contributed by atoms with Crippen molar-refractivity contribution in [2.24, 2.45) is 17.6 Å². The van der Waals surface area contributed by atoms with Crippen LogP contribution in [0.4, 0.5) is 0 Å². The lowest BCUT2D eigenvalue weighted by Gasteiger charge is -2.19. The Kier molecular flexibility index (Phi) is 2.93. The fourth-order valence-electron chi connectivity index (χ4n) is 3.80. The largest absolute Gasteiger partial charge is 0.337 e.